The molecule has 0 saturated carbocycles. The molecule has 0 aliphatic rings. The molecule has 0 saturated heterocycles. The molecule has 0 fully saturated rings. The van der Waals surface area contributed by atoms with Crippen molar-refractivity contribution in [3.05, 3.63) is 89.0 Å². The van der Waals surface area contributed by atoms with Crippen LogP contribution in [0.15, 0.2) is 66.7 Å². The van der Waals surface area contributed by atoms with Gasteiger partial charge in [-0.1, -0.05) is 52.0 Å². The summed E-state index contributed by atoms with van der Waals surface area (Å²) in [7, 11) is 1.71. The molecule has 0 N–H and O–H groups in total. The van der Waals surface area contributed by atoms with Crippen LogP contribution in [0.3, 0.4) is 0 Å². The van der Waals surface area contributed by atoms with Gasteiger partial charge in [-0.25, -0.2) is 0 Å². The summed E-state index contributed by atoms with van der Waals surface area (Å²) in [5.41, 5.74) is 8.34. The average molecular weight is 492 g/mol. The second-order valence-corrected chi connectivity index (χ2v) is 17.2. The van der Waals surface area contributed by atoms with E-state index in [0.29, 0.717) is 0 Å². The number of hydrogen-bond donors (Lipinski definition) is 0. The minimum Gasteiger partial charge on any atom is -0.196 e. The Morgan fingerprint density at radius 3 is 1.87 bits per heavy atom. The number of para-hydroxylation sites is 1. The first-order valence-corrected chi connectivity index (χ1v) is 16.4. The van der Waals surface area contributed by atoms with Crippen LogP contribution >= 0.6 is 0 Å². The predicted molar refractivity (Wildman–Crippen MR) is 130 cm³/mol. The number of aryl methyl sites for hydroxylation is 2. The van der Waals surface area contributed by atoms with Crippen molar-refractivity contribution in [2.75, 3.05) is 7.11 Å². The molecule has 3 heteroatoms. The van der Waals surface area contributed by atoms with Gasteiger partial charge in [0.15, 0.2) is 0 Å². The van der Waals surface area contributed by atoms with Crippen LogP contribution in [0, 0.1) is 27.7 Å². The van der Waals surface area contributed by atoms with E-state index in [1.54, 1.807) is 30.4 Å². The van der Waals surface area contributed by atoms with Crippen molar-refractivity contribution in [1.29, 1.82) is 0 Å². The van der Waals surface area contributed by atoms with Gasteiger partial charge in [0.05, 0.1) is 7.11 Å². The fourth-order valence-corrected chi connectivity index (χ4v) is 3.39. The van der Waals surface area contributed by atoms with Crippen molar-refractivity contribution in [3.63, 3.8) is 0 Å². The van der Waals surface area contributed by atoms with Gasteiger partial charge >= 0.3 is 41.9 Å². The Bertz CT molecular complexity index is 1090. The number of benzene rings is 2. The van der Waals surface area contributed by atoms with E-state index in [1.165, 1.54) is 38.6 Å². The van der Waals surface area contributed by atoms with Crippen LogP contribution < -0.4 is 4.74 Å². The van der Waals surface area contributed by atoms with Crippen LogP contribution in [0.2, 0.25) is 13.1 Å². The molecule has 1 nitrogen and oxygen atoms in total. The normalized spacial score (nSPS) is 10.0. The molecule has 4 aromatic carbocycles. The van der Waals surface area contributed by atoms with Gasteiger partial charge in [-0.05, 0) is 11.6 Å². The van der Waals surface area contributed by atoms with Gasteiger partial charge in [0, 0.05) is 0 Å². The molecule has 0 radical (unpaired) electrons. The topological polar surface area (TPSA) is 9.23 Å². The van der Waals surface area contributed by atoms with Crippen molar-refractivity contribution in [2.45, 2.75) is 40.8 Å². The van der Waals surface area contributed by atoms with Gasteiger partial charge in [-0.15, -0.1) is 46.7 Å². The molecule has 0 unspecified atom stereocenters. The van der Waals surface area contributed by atoms with E-state index in [9.17, 15) is 0 Å². The Kier molecular flexibility index (Phi) is 9.52. The molecular weight excluding hydrogens is 460 g/mol. The number of fused-ring (bicyclic) bond motifs is 1. The summed E-state index contributed by atoms with van der Waals surface area (Å²) in [4.78, 5) is 0. The Hall–Kier alpha value is -1.70. The van der Waals surface area contributed by atoms with Gasteiger partial charge < -0.3 is 4.74 Å². The first-order chi connectivity index (χ1) is 14.3. The van der Waals surface area contributed by atoms with E-state index in [4.69, 9.17) is 4.74 Å². The van der Waals surface area contributed by atoms with Gasteiger partial charge in [0.1, 0.15) is 5.75 Å². The summed E-state index contributed by atoms with van der Waals surface area (Å²) < 4.78 is 5.42. The molecule has 4 aromatic rings. The van der Waals surface area contributed by atoms with E-state index >= 15 is 0 Å². The zero-order chi connectivity index (χ0) is 22.3. The van der Waals surface area contributed by atoms with Crippen molar-refractivity contribution in [3.8, 4) is 16.9 Å². The van der Waals surface area contributed by atoms with E-state index in [-0.39, 0.29) is 5.43 Å². The van der Waals surface area contributed by atoms with Gasteiger partial charge in [0.25, 0.3) is 0 Å². The molecule has 0 amide bonds. The largest absolute Gasteiger partial charge is 0.196 e. The maximum atomic E-state index is 5.42. The molecule has 4 rings (SSSR count). The predicted octanol–water partition coefficient (Wildman–Crippen LogP) is 7.66. The second kappa shape index (κ2) is 11.6. The summed E-state index contributed by atoms with van der Waals surface area (Å²) in [6.07, 6.45) is 0. The van der Waals surface area contributed by atoms with Crippen molar-refractivity contribution in [1.82, 2.24) is 0 Å². The maximum Gasteiger partial charge on any atom is -0.0632 e. The second-order valence-electron chi connectivity index (χ2n) is 7.79. The Morgan fingerprint density at radius 2 is 1.33 bits per heavy atom. The monoisotopic (exact) mass is 490 g/mol. The fraction of sp³-hybridized carbons (Fsp3) is 0.259. The summed E-state index contributed by atoms with van der Waals surface area (Å²) in [5.74, 6) is 0.920. The number of ether oxygens (including phenoxy) is 1. The van der Waals surface area contributed by atoms with E-state index in [2.05, 4.69) is 89.3 Å². The molecule has 0 spiro atoms. The van der Waals surface area contributed by atoms with Crippen LogP contribution in [0.5, 0.6) is 5.75 Å². The first kappa shape index (κ1) is 24.6. The SMILES string of the molecule is COc1ccccc1-c1c[cH-]c2ccccc12.C[Si](C)=[Zr+2].Cc1[cH-]c(C)c(C)c1C. The molecule has 0 aromatic heterocycles. The zero-order valence-electron chi connectivity index (χ0n) is 19.3. The summed E-state index contributed by atoms with van der Waals surface area (Å²) in [5, 5.41) is 2.55. The average Bonchev–Trinajstić information content (AvgIpc) is 3.25. The summed E-state index contributed by atoms with van der Waals surface area (Å²) in [6.45, 7) is 13.3. The maximum absolute atomic E-state index is 5.42. The smallest absolute Gasteiger partial charge is 0.0632 e. The molecule has 0 aliphatic heterocycles. The fourth-order valence-electron chi connectivity index (χ4n) is 3.39. The quantitative estimate of drug-likeness (QED) is 0.207. The van der Waals surface area contributed by atoms with E-state index < -0.39 is 0 Å². The van der Waals surface area contributed by atoms with Crippen molar-refractivity contribution < 1.29 is 28.1 Å². The first-order valence-electron chi connectivity index (χ1n) is 10.3. The van der Waals surface area contributed by atoms with Crippen LogP contribution in [-0.4, -0.2) is 12.5 Å². The number of rotatable bonds is 2. The third-order valence-corrected chi connectivity index (χ3v) is 5.26. The Balaban J connectivity index is 0.000000207. The molecule has 30 heavy (non-hydrogen) atoms. The van der Waals surface area contributed by atoms with E-state index in [0.717, 1.165) is 11.3 Å². The Labute approximate surface area is 197 Å². The molecular formula is C27H32OSiZr. The molecule has 154 valence electrons. The minimum atomic E-state index is 0.210. The van der Waals surface area contributed by atoms with Crippen LogP contribution in [0.4, 0.5) is 0 Å². The standard InChI is InChI=1S/C16H13O.C9H13.C2H6Si.Zr/c1-17-16-9-5-4-8-15(16)14-11-10-12-6-2-3-7-13(12)14;1-6-5-7(2)9(4)8(6)3;1-3-2;/h2-11H,1H3;5H,1-4H3;1-2H3;/q2*-1;;+2. The van der Waals surface area contributed by atoms with Gasteiger partial charge in [0.2, 0.25) is 0 Å². The minimum absolute atomic E-state index is 0.210. The number of hydrogen-bond acceptors (Lipinski definition) is 1. The van der Waals surface area contributed by atoms with Gasteiger partial charge in [-0.3, -0.25) is 0 Å². The van der Waals surface area contributed by atoms with Gasteiger partial charge in [-0.2, -0.15) is 28.3 Å². The van der Waals surface area contributed by atoms with Crippen LogP contribution in [0.25, 0.3) is 21.9 Å². The third-order valence-electron chi connectivity index (χ3n) is 5.26. The van der Waals surface area contributed by atoms with Crippen molar-refractivity contribution >= 4 is 16.2 Å². The molecule has 0 heterocycles. The molecule has 0 atom stereocenters. The van der Waals surface area contributed by atoms with Crippen LogP contribution in [-0.2, 0) is 23.3 Å². The summed E-state index contributed by atoms with van der Waals surface area (Å²) in [6, 6.07) is 23.1. The molecule has 0 aliphatic carbocycles. The Morgan fingerprint density at radius 1 is 0.800 bits per heavy atom. The summed E-state index contributed by atoms with van der Waals surface area (Å²) >= 11 is 1.74. The molecule has 0 bridgehead atoms. The zero-order valence-corrected chi connectivity index (χ0v) is 22.7. The van der Waals surface area contributed by atoms with Crippen molar-refractivity contribution in [2.24, 2.45) is 0 Å². The third kappa shape index (κ3) is 6.40. The van der Waals surface area contributed by atoms with Crippen LogP contribution in [0.1, 0.15) is 22.3 Å². The van der Waals surface area contributed by atoms with E-state index in [1.807, 2.05) is 18.2 Å². The number of methoxy groups -OCH3 is 1.